The molecule has 0 bridgehead atoms. The first-order valence-electron chi connectivity index (χ1n) is 4.78. The van der Waals surface area contributed by atoms with Crippen LogP contribution >= 0.6 is 0 Å². The van der Waals surface area contributed by atoms with Crippen molar-refractivity contribution < 1.29 is 0 Å². The van der Waals surface area contributed by atoms with Crippen molar-refractivity contribution in [1.82, 2.24) is 0 Å². The fraction of sp³-hybridized carbons (Fsp3) is 1.00. The van der Waals surface area contributed by atoms with Crippen LogP contribution in [0.2, 0.25) is 0 Å². The fourth-order valence-electron chi connectivity index (χ4n) is 2.24. The minimum Gasteiger partial charge on any atom is -0.333 e. The Hall–Kier alpha value is -0.0800. The molecule has 1 atom stereocenters. The summed E-state index contributed by atoms with van der Waals surface area (Å²) in [7, 11) is 1.50. The third kappa shape index (κ3) is 4.07. The van der Waals surface area contributed by atoms with Gasteiger partial charge in [-0.15, -0.1) is 0 Å². The maximum Gasteiger partial charge on any atom is 0.0131 e. The third-order valence-corrected chi connectivity index (χ3v) is 2.48. The van der Waals surface area contributed by atoms with Gasteiger partial charge in [-0.2, -0.15) is 0 Å². The summed E-state index contributed by atoms with van der Waals surface area (Å²) in [6.45, 7) is 6.81. The number of hydrogen-bond donors (Lipinski definition) is 2. The predicted octanol–water partition coefficient (Wildman–Crippen LogP) is 1.88. The largest absolute Gasteiger partial charge is 0.333 e. The number of nitrogens with two attached hydrogens (primary N) is 2. The molecule has 0 amide bonds. The van der Waals surface area contributed by atoms with E-state index in [1.165, 1.54) is 32.7 Å². The average molecular weight is 172 g/mol. The summed E-state index contributed by atoms with van der Waals surface area (Å²) in [4.78, 5) is 0. The summed E-state index contributed by atoms with van der Waals surface area (Å²) in [5.41, 5.74) is 11.2. The van der Waals surface area contributed by atoms with Crippen LogP contribution in [0, 0.1) is 5.41 Å². The van der Waals surface area contributed by atoms with Crippen LogP contribution in [0.15, 0.2) is 0 Å². The molecule has 0 heterocycles. The van der Waals surface area contributed by atoms with Gasteiger partial charge >= 0.3 is 0 Å². The highest BCUT2D eigenvalue weighted by Gasteiger charge is 2.33. The second-order valence-electron chi connectivity index (χ2n) is 4.85. The van der Waals surface area contributed by atoms with Crippen LogP contribution in [0.1, 0.15) is 46.5 Å². The van der Waals surface area contributed by atoms with E-state index in [2.05, 4.69) is 26.5 Å². The van der Waals surface area contributed by atoms with Crippen molar-refractivity contribution in [1.29, 1.82) is 0 Å². The van der Waals surface area contributed by atoms with E-state index in [9.17, 15) is 0 Å². The van der Waals surface area contributed by atoms with E-state index in [1.54, 1.807) is 0 Å². The van der Waals surface area contributed by atoms with E-state index in [0.717, 1.165) is 0 Å². The molecule has 0 radical (unpaired) electrons. The monoisotopic (exact) mass is 172 g/mol. The summed E-state index contributed by atoms with van der Waals surface area (Å²) in [6, 6.07) is 0. The quantitative estimate of drug-likeness (QED) is 0.586. The standard InChI is InChI=1S/C9H19N.CH5N/c1-8(2)5-4-6-9(3,10)7-8;1-2/h4-7,10H2,1-3H3;2H2,1H3. The van der Waals surface area contributed by atoms with Crippen LogP contribution in [-0.2, 0) is 0 Å². The van der Waals surface area contributed by atoms with E-state index in [4.69, 9.17) is 5.73 Å². The van der Waals surface area contributed by atoms with Crippen molar-refractivity contribution in [2.45, 2.75) is 52.0 Å². The van der Waals surface area contributed by atoms with E-state index in [-0.39, 0.29) is 5.54 Å². The first-order valence-corrected chi connectivity index (χ1v) is 4.78. The molecule has 74 valence electrons. The fourth-order valence-corrected chi connectivity index (χ4v) is 2.24. The Balaban J connectivity index is 0.000000561. The lowest BCUT2D eigenvalue weighted by Crippen LogP contribution is -2.43. The molecule has 4 N–H and O–H groups in total. The van der Waals surface area contributed by atoms with Gasteiger partial charge in [-0.3, -0.25) is 0 Å². The minimum absolute atomic E-state index is 0.113. The van der Waals surface area contributed by atoms with Crippen molar-refractivity contribution in [2.24, 2.45) is 16.9 Å². The molecule has 1 saturated carbocycles. The van der Waals surface area contributed by atoms with Crippen LogP contribution in [0.4, 0.5) is 0 Å². The molecule has 12 heavy (non-hydrogen) atoms. The summed E-state index contributed by atoms with van der Waals surface area (Å²) in [5, 5.41) is 0. The summed E-state index contributed by atoms with van der Waals surface area (Å²) in [6.07, 6.45) is 5.04. The molecule has 2 heteroatoms. The van der Waals surface area contributed by atoms with Gasteiger partial charge in [0.25, 0.3) is 0 Å². The lowest BCUT2D eigenvalue weighted by molar-refractivity contribution is 0.164. The molecule has 0 aromatic carbocycles. The molecule has 1 aliphatic carbocycles. The van der Waals surface area contributed by atoms with Crippen molar-refractivity contribution in [2.75, 3.05) is 7.05 Å². The Kier molecular flexibility index (Phi) is 4.21. The van der Waals surface area contributed by atoms with E-state index < -0.39 is 0 Å². The summed E-state index contributed by atoms with van der Waals surface area (Å²) < 4.78 is 0. The summed E-state index contributed by atoms with van der Waals surface area (Å²) in [5.74, 6) is 0. The number of rotatable bonds is 0. The second-order valence-corrected chi connectivity index (χ2v) is 4.85. The average Bonchev–Trinajstić information content (AvgIpc) is 1.86. The zero-order chi connectivity index (χ0) is 9.83. The van der Waals surface area contributed by atoms with Gasteiger partial charge in [0.1, 0.15) is 0 Å². The molecule has 0 saturated heterocycles. The molecule has 1 rings (SSSR count). The topological polar surface area (TPSA) is 52.0 Å². The van der Waals surface area contributed by atoms with Crippen molar-refractivity contribution in [3.8, 4) is 0 Å². The lowest BCUT2D eigenvalue weighted by Gasteiger charge is -2.40. The third-order valence-electron chi connectivity index (χ3n) is 2.48. The van der Waals surface area contributed by atoms with E-state index in [1.807, 2.05) is 0 Å². The smallest absolute Gasteiger partial charge is 0.0131 e. The summed E-state index contributed by atoms with van der Waals surface area (Å²) >= 11 is 0. The van der Waals surface area contributed by atoms with Crippen LogP contribution in [-0.4, -0.2) is 12.6 Å². The maximum absolute atomic E-state index is 6.05. The predicted molar refractivity (Wildman–Crippen MR) is 55.0 cm³/mol. The molecule has 0 spiro atoms. The van der Waals surface area contributed by atoms with Gasteiger partial charge in [0.15, 0.2) is 0 Å². The Labute approximate surface area is 76.7 Å². The van der Waals surface area contributed by atoms with Gasteiger partial charge in [0.2, 0.25) is 0 Å². The highest BCUT2D eigenvalue weighted by molar-refractivity contribution is 4.90. The van der Waals surface area contributed by atoms with Gasteiger partial charge < -0.3 is 11.5 Å². The first kappa shape index (κ1) is 11.9. The molecular formula is C10H24N2. The van der Waals surface area contributed by atoms with Gasteiger partial charge in [-0.1, -0.05) is 20.3 Å². The van der Waals surface area contributed by atoms with Crippen molar-refractivity contribution in [3.05, 3.63) is 0 Å². The normalized spacial score (nSPS) is 33.5. The Morgan fingerprint density at radius 2 is 1.50 bits per heavy atom. The number of hydrogen-bond acceptors (Lipinski definition) is 2. The molecule has 0 aliphatic heterocycles. The zero-order valence-electron chi connectivity index (χ0n) is 8.98. The van der Waals surface area contributed by atoms with Crippen LogP contribution in [0.5, 0.6) is 0 Å². The molecule has 2 nitrogen and oxygen atoms in total. The molecule has 0 aromatic rings. The van der Waals surface area contributed by atoms with Gasteiger partial charge in [-0.25, -0.2) is 0 Å². The molecular weight excluding hydrogens is 148 g/mol. The Bertz CT molecular complexity index is 114. The highest BCUT2D eigenvalue weighted by atomic mass is 14.7. The molecule has 1 aliphatic rings. The Morgan fingerprint density at radius 1 is 1.00 bits per heavy atom. The SMILES string of the molecule is CC1(C)CCCC(C)(N)C1.CN. The van der Waals surface area contributed by atoms with Crippen molar-refractivity contribution >= 4 is 0 Å². The van der Waals surface area contributed by atoms with Gasteiger partial charge in [0, 0.05) is 5.54 Å². The lowest BCUT2D eigenvalue weighted by atomic mass is 9.69. The Morgan fingerprint density at radius 3 is 1.75 bits per heavy atom. The molecule has 1 unspecified atom stereocenters. The molecule has 1 fully saturated rings. The van der Waals surface area contributed by atoms with Gasteiger partial charge in [-0.05, 0) is 38.6 Å². The zero-order valence-corrected chi connectivity index (χ0v) is 8.98. The maximum atomic E-state index is 6.05. The van der Waals surface area contributed by atoms with Crippen LogP contribution < -0.4 is 11.5 Å². The first-order chi connectivity index (χ1) is 5.41. The van der Waals surface area contributed by atoms with E-state index >= 15 is 0 Å². The van der Waals surface area contributed by atoms with Gasteiger partial charge in [0.05, 0.1) is 0 Å². The van der Waals surface area contributed by atoms with Crippen LogP contribution in [0.3, 0.4) is 0 Å². The minimum atomic E-state index is 0.113. The molecule has 0 aromatic heterocycles. The van der Waals surface area contributed by atoms with Crippen molar-refractivity contribution in [3.63, 3.8) is 0 Å². The van der Waals surface area contributed by atoms with E-state index in [0.29, 0.717) is 5.41 Å². The second kappa shape index (κ2) is 4.24. The van der Waals surface area contributed by atoms with Crippen LogP contribution in [0.25, 0.3) is 0 Å². The highest BCUT2D eigenvalue weighted by Crippen LogP contribution is 2.39.